The fourth-order valence-corrected chi connectivity index (χ4v) is 2.09. The van der Waals surface area contributed by atoms with E-state index in [-0.39, 0.29) is 5.82 Å². The predicted molar refractivity (Wildman–Crippen MR) is 68.8 cm³/mol. The molecule has 17 heavy (non-hydrogen) atoms. The van der Waals surface area contributed by atoms with Crippen LogP contribution in [-0.4, -0.2) is 10.9 Å². The van der Waals surface area contributed by atoms with Crippen molar-refractivity contribution in [1.29, 1.82) is 0 Å². The minimum atomic E-state index is -0.548. The summed E-state index contributed by atoms with van der Waals surface area (Å²) in [5.74, 6) is -0.370. The van der Waals surface area contributed by atoms with Gasteiger partial charge in [0.2, 0.25) is 0 Å². The Morgan fingerprint density at radius 2 is 2.06 bits per heavy atom. The number of hydrogen-bond donors (Lipinski definition) is 3. The number of benzene rings is 1. The molecular formula is C11H12N4OS. The van der Waals surface area contributed by atoms with E-state index in [0.29, 0.717) is 16.6 Å². The average Bonchev–Trinajstić information content (AvgIpc) is 2.69. The van der Waals surface area contributed by atoms with Crippen LogP contribution in [0.15, 0.2) is 30.3 Å². The zero-order valence-electron chi connectivity index (χ0n) is 9.01. The van der Waals surface area contributed by atoms with Crippen LogP contribution in [0.2, 0.25) is 0 Å². The Morgan fingerprint density at radius 1 is 1.35 bits per heavy atom. The number of nitrogens with zero attached hydrogens (tertiary/aromatic N) is 1. The first-order valence-corrected chi connectivity index (χ1v) is 5.82. The van der Waals surface area contributed by atoms with E-state index in [1.807, 2.05) is 30.3 Å². The summed E-state index contributed by atoms with van der Waals surface area (Å²) in [6, 6.07) is 9.87. The number of amides is 1. The molecule has 0 saturated heterocycles. The molecule has 0 bridgehead atoms. The molecule has 88 valence electrons. The maximum atomic E-state index is 11.0. The van der Waals surface area contributed by atoms with E-state index >= 15 is 0 Å². The second kappa shape index (κ2) is 4.84. The molecule has 1 aromatic carbocycles. The van der Waals surface area contributed by atoms with Crippen molar-refractivity contribution in [2.24, 2.45) is 5.73 Å². The molecule has 5 N–H and O–H groups in total. The number of nitrogens with one attached hydrogen (secondary N) is 1. The maximum absolute atomic E-state index is 11.0. The molecule has 0 aliphatic carbocycles. The molecule has 2 rings (SSSR count). The van der Waals surface area contributed by atoms with Gasteiger partial charge in [0.05, 0.1) is 0 Å². The lowest BCUT2D eigenvalue weighted by Gasteiger charge is -2.01. The van der Waals surface area contributed by atoms with Gasteiger partial charge in [-0.1, -0.05) is 41.7 Å². The van der Waals surface area contributed by atoms with Gasteiger partial charge in [0, 0.05) is 6.54 Å². The largest absolute Gasteiger partial charge is 0.382 e. The van der Waals surface area contributed by atoms with Gasteiger partial charge in [0.25, 0.3) is 5.91 Å². The van der Waals surface area contributed by atoms with E-state index in [1.165, 1.54) is 11.3 Å². The van der Waals surface area contributed by atoms with Crippen LogP contribution in [0, 0.1) is 0 Å². The molecule has 0 saturated carbocycles. The Labute approximate surface area is 102 Å². The molecule has 6 heteroatoms. The minimum Gasteiger partial charge on any atom is -0.382 e. The number of anilines is 2. The summed E-state index contributed by atoms with van der Waals surface area (Å²) >= 11 is 1.17. The third kappa shape index (κ3) is 2.73. The first-order chi connectivity index (χ1) is 8.16. The lowest BCUT2D eigenvalue weighted by molar-refractivity contribution is 0.100. The van der Waals surface area contributed by atoms with Crippen LogP contribution in [0.1, 0.15) is 15.2 Å². The van der Waals surface area contributed by atoms with Gasteiger partial charge in [-0.2, -0.15) is 0 Å². The molecule has 1 heterocycles. The molecule has 0 aliphatic rings. The Balaban J connectivity index is 2.05. The van der Waals surface area contributed by atoms with Crippen molar-refractivity contribution in [3.05, 3.63) is 40.8 Å². The summed E-state index contributed by atoms with van der Waals surface area (Å²) in [4.78, 5) is 15.3. The quantitative estimate of drug-likeness (QED) is 0.763. The third-order valence-corrected chi connectivity index (χ3v) is 3.21. The van der Waals surface area contributed by atoms with Crippen LogP contribution < -0.4 is 16.8 Å². The number of carbonyl (C=O) groups is 1. The fraction of sp³-hybridized carbons (Fsp3) is 0.0909. The number of carbonyl (C=O) groups excluding carboxylic acids is 1. The van der Waals surface area contributed by atoms with Gasteiger partial charge in [0.1, 0.15) is 10.7 Å². The zero-order chi connectivity index (χ0) is 12.3. The van der Waals surface area contributed by atoms with E-state index in [9.17, 15) is 4.79 Å². The monoisotopic (exact) mass is 248 g/mol. The average molecular weight is 248 g/mol. The summed E-state index contributed by atoms with van der Waals surface area (Å²) in [6.45, 7) is 0.631. The van der Waals surface area contributed by atoms with Crippen LogP contribution in [0.4, 0.5) is 10.9 Å². The van der Waals surface area contributed by atoms with Gasteiger partial charge in [0.15, 0.2) is 5.13 Å². The highest BCUT2D eigenvalue weighted by molar-refractivity contribution is 7.18. The fourth-order valence-electron chi connectivity index (χ4n) is 1.36. The normalized spacial score (nSPS) is 10.1. The second-order valence-corrected chi connectivity index (χ2v) is 4.44. The van der Waals surface area contributed by atoms with Crippen molar-refractivity contribution < 1.29 is 4.79 Å². The minimum absolute atomic E-state index is 0.179. The van der Waals surface area contributed by atoms with Gasteiger partial charge < -0.3 is 16.8 Å². The number of thiazole rings is 1. The van der Waals surface area contributed by atoms with Crippen LogP contribution in [0.5, 0.6) is 0 Å². The van der Waals surface area contributed by atoms with E-state index in [0.717, 1.165) is 5.56 Å². The smallest absolute Gasteiger partial charge is 0.262 e. The molecule has 2 aromatic rings. The number of aromatic nitrogens is 1. The standard InChI is InChI=1S/C11H12N4OS/c12-9-8(10(13)16)17-11(15-9)14-6-7-4-2-1-3-5-7/h1-5H,6,12H2,(H2,13,16)(H,14,15). The van der Waals surface area contributed by atoms with Crippen molar-refractivity contribution in [2.45, 2.75) is 6.54 Å². The molecule has 1 aromatic heterocycles. The highest BCUT2D eigenvalue weighted by Crippen LogP contribution is 2.24. The second-order valence-electron chi connectivity index (χ2n) is 3.44. The van der Waals surface area contributed by atoms with E-state index in [1.54, 1.807) is 0 Å². The Hall–Kier alpha value is -2.08. The van der Waals surface area contributed by atoms with Crippen molar-refractivity contribution in [3.8, 4) is 0 Å². The molecule has 0 atom stereocenters. The van der Waals surface area contributed by atoms with E-state index < -0.39 is 5.91 Å². The first-order valence-electron chi connectivity index (χ1n) is 5.00. The van der Waals surface area contributed by atoms with Crippen LogP contribution >= 0.6 is 11.3 Å². The lowest BCUT2D eigenvalue weighted by Crippen LogP contribution is -2.10. The van der Waals surface area contributed by atoms with Crippen molar-refractivity contribution in [1.82, 2.24) is 4.98 Å². The molecule has 0 fully saturated rings. The molecular weight excluding hydrogens is 236 g/mol. The molecule has 5 nitrogen and oxygen atoms in total. The summed E-state index contributed by atoms with van der Waals surface area (Å²) in [5, 5.41) is 3.69. The molecule has 1 amide bonds. The van der Waals surface area contributed by atoms with Gasteiger partial charge in [-0.15, -0.1) is 0 Å². The van der Waals surface area contributed by atoms with Gasteiger partial charge in [-0.05, 0) is 5.56 Å². The van der Waals surface area contributed by atoms with Crippen LogP contribution in [0.25, 0.3) is 0 Å². The molecule has 0 unspecified atom stereocenters. The summed E-state index contributed by atoms with van der Waals surface area (Å²) in [7, 11) is 0. The topological polar surface area (TPSA) is 94.0 Å². The number of nitrogens with two attached hydrogens (primary N) is 2. The number of primary amides is 1. The number of nitrogen functional groups attached to an aromatic ring is 1. The maximum Gasteiger partial charge on any atom is 0.262 e. The molecule has 0 radical (unpaired) electrons. The summed E-state index contributed by atoms with van der Waals surface area (Å²) < 4.78 is 0. The highest BCUT2D eigenvalue weighted by Gasteiger charge is 2.12. The van der Waals surface area contributed by atoms with Crippen molar-refractivity contribution >= 4 is 28.2 Å². The lowest BCUT2D eigenvalue weighted by atomic mass is 10.2. The van der Waals surface area contributed by atoms with Gasteiger partial charge >= 0.3 is 0 Å². The van der Waals surface area contributed by atoms with Crippen LogP contribution in [0.3, 0.4) is 0 Å². The summed E-state index contributed by atoms with van der Waals surface area (Å²) in [6.07, 6.45) is 0. The zero-order valence-corrected chi connectivity index (χ0v) is 9.83. The number of rotatable bonds is 4. The Kier molecular flexibility index (Phi) is 3.24. The SMILES string of the molecule is NC(=O)c1sc(NCc2ccccc2)nc1N. The molecule has 0 aliphatic heterocycles. The first kappa shape index (κ1) is 11.4. The van der Waals surface area contributed by atoms with E-state index in [4.69, 9.17) is 11.5 Å². The summed E-state index contributed by atoms with van der Waals surface area (Å²) in [5.41, 5.74) is 11.9. The Bertz CT molecular complexity index is 524. The predicted octanol–water partition coefficient (Wildman–Crippen LogP) is 1.44. The van der Waals surface area contributed by atoms with Crippen molar-refractivity contribution in [2.75, 3.05) is 11.1 Å². The van der Waals surface area contributed by atoms with Gasteiger partial charge in [-0.25, -0.2) is 4.98 Å². The Morgan fingerprint density at radius 3 is 2.65 bits per heavy atom. The van der Waals surface area contributed by atoms with Crippen LogP contribution in [-0.2, 0) is 6.54 Å². The van der Waals surface area contributed by atoms with E-state index in [2.05, 4.69) is 10.3 Å². The third-order valence-electron chi connectivity index (χ3n) is 2.16. The molecule has 0 spiro atoms. The highest BCUT2D eigenvalue weighted by atomic mass is 32.1. The van der Waals surface area contributed by atoms with Crippen molar-refractivity contribution in [3.63, 3.8) is 0 Å². The number of hydrogen-bond acceptors (Lipinski definition) is 5. The van der Waals surface area contributed by atoms with Gasteiger partial charge in [-0.3, -0.25) is 4.79 Å².